The average Bonchev–Trinajstić information content (AvgIpc) is 3.22. The molecule has 1 fully saturated rings. The molecule has 2 aromatic carbocycles. The number of aryl methyl sites for hydroxylation is 1. The van der Waals surface area contributed by atoms with Gasteiger partial charge >= 0.3 is 0 Å². The molecule has 3 aromatic rings. The van der Waals surface area contributed by atoms with Gasteiger partial charge in [-0.2, -0.15) is 4.98 Å². The third-order valence-corrected chi connectivity index (χ3v) is 6.16. The Hall–Kier alpha value is -3.65. The minimum absolute atomic E-state index is 0.109. The fourth-order valence-corrected chi connectivity index (χ4v) is 4.30. The maximum absolute atomic E-state index is 12.3. The summed E-state index contributed by atoms with van der Waals surface area (Å²) in [6.07, 6.45) is 2.91. The third-order valence-electron chi connectivity index (χ3n) is 6.16. The van der Waals surface area contributed by atoms with Crippen molar-refractivity contribution in [1.82, 2.24) is 14.9 Å². The molecule has 170 valence electrons. The normalized spacial score (nSPS) is 15.9. The highest BCUT2D eigenvalue weighted by molar-refractivity contribution is 6.02. The number of hydrogen-bond donors (Lipinski definition) is 1. The van der Waals surface area contributed by atoms with Crippen LogP contribution in [0.2, 0.25) is 0 Å². The minimum Gasteiger partial charge on any atom is -0.494 e. The van der Waals surface area contributed by atoms with E-state index in [0.29, 0.717) is 35.3 Å². The summed E-state index contributed by atoms with van der Waals surface area (Å²) in [5, 5.41) is 3.23. The van der Waals surface area contributed by atoms with Crippen molar-refractivity contribution < 1.29 is 14.3 Å². The Kier molecular flexibility index (Phi) is 5.83. The Morgan fingerprint density at radius 3 is 2.67 bits per heavy atom. The van der Waals surface area contributed by atoms with Crippen LogP contribution in [0.15, 0.2) is 48.7 Å². The molecule has 5 rings (SSSR count). The molecule has 1 aliphatic carbocycles. The van der Waals surface area contributed by atoms with Gasteiger partial charge in [-0.15, -0.1) is 0 Å². The van der Waals surface area contributed by atoms with Crippen molar-refractivity contribution in [2.75, 3.05) is 50.6 Å². The first-order chi connectivity index (χ1) is 16.1. The Morgan fingerprint density at radius 1 is 1.00 bits per heavy atom. The highest BCUT2D eigenvalue weighted by Crippen LogP contribution is 2.34. The summed E-state index contributed by atoms with van der Waals surface area (Å²) >= 11 is 0. The summed E-state index contributed by atoms with van der Waals surface area (Å²) < 4.78 is 11.6. The maximum Gasteiger partial charge on any atom is 0.230 e. The summed E-state index contributed by atoms with van der Waals surface area (Å²) in [6, 6.07) is 13.4. The number of nitrogens with one attached hydrogen (secondary N) is 1. The van der Waals surface area contributed by atoms with E-state index >= 15 is 0 Å². The highest BCUT2D eigenvalue weighted by atomic mass is 16.5. The number of ketones is 1. The lowest BCUT2D eigenvalue weighted by Gasteiger charge is -2.34. The van der Waals surface area contributed by atoms with E-state index < -0.39 is 0 Å². The molecule has 0 amide bonds. The van der Waals surface area contributed by atoms with Crippen LogP contribution < -0.4 is 19.7 Å². The SMILES string of the molecule is COc1cc(N2CCN(C)CC2)ccc1Nc1nccc(Oc2cccc3c2C(=O)CC3)n1. The second-order valence-electron chi connectivity index (χ2n) is 8.33. The van der Waals surface area contributed by atoms with Crippen molar-refractivity contribution in [1.29, 1.82) is 0 Å². The van der Waals surface area contributed by atoms with E-state index in [1.807, 2.05) is 24.3 Å². The lowest BCUT2D eigenvalue weighted by atomic mass is 10.1. The number of methoxy groups -OCH3 is 1. The fraction of sp³-hybridized carbons (Fsp3) is 0.320. The molecule has 2 heterocycles. The van der Waals surface area contributed by atoms with Gasteiger partial charge < -0.3 is 24.6 Å². The van der Waals surface area contributed by atoms with E-state index in [1.54, 1.807) is 25.4 Å². The van der Waals surface area contributed by atoms with Gasteiger partial charge in [-0.05, 0) is 37.2 Å². The Bertz CT molecular complexity index is 1170. The molecule has 0 bridgehead atoms. The van der Waals surface area contributed by atoms with Gasteiger partial charge in [-0.25, -0.2) is 4.98 Å². The van der Waals surface area contributed by atoms with Crippen molar-refractivity contribution in [2.45, 2.75) is 12.8 Å². The van der Waals surface area contributed by atoms with Crippen LogP contribution in [0.4, 0.5) is 17.3 Å². The smallest absolute Gasteiger partial charge is 0.230 e. The number of hydrogen-bond acceptors (Lipinski definition) is 8. The van der Waals surface area contributed by atoms with Crippen LogP contribution >= 0.6 is 0 Å². The van der Waals surface area contributed by atoms with E-state index in [9.17, 15) is 4.79 Å². The number of piperazine rings is 1. The van der Waals surface area contributed by atoms with E-state index in [0.717, 1.165) is 49.5 Å². The van der Waals surface area contributed by atoms with Crippen LogP contribution in [-0.2, 0) is 6.42 Å². The van der Waals surface area contributed by atoms with Gasteiger partial charge in [0.25, 0.3) is 0 Å². The molecule has 0 saturated carbocycles. The Labute approximate surface area is 193 Å². The lowest BCUT2D eigenvalue weighted by molar-refractivity contribution is 0.0992. The van der Waals surface area contributed by atoms with Crippen LogP contribution in [0.1, 0.15) is 22.3 Å². The van der Waals surface area contributed by atoms with Gasteiger partial charge in [0.05, 0.1) is 18.4 Å². The molecule has 1 N–H and O–H groups in total. The molecule has 0 unspecified atom stereocenters. The van der Waals surface area contributed by atoms with E-state index in [1.165, 1.54) is 0 Å². The van der Waals surface area contributed by atoms with Crippen molar-refractivity contribution >= 4 is 23.1 Å². The number of anilines is 3. The van der Waals surface area contributed by atoms with Gasteiger partial charge in [0, 0.05) is 56.6 Å². The Morgan fingerprint density at radius 2 is 1.85 bits per heavy atom. The maximum atomic E-state index is 12.3. The first-order valence-corrected chi connectivity index (χ1v) is 11.2. The summed E-state index contributed by atoms with van der Waals surface area (Å²) in [5.74, 6) is 2.12. The zero-order valence-corrected chi connectivity index (χ0v) is 18.9. The quantitative estimate of drug-likeness (QED) is 0.612. The standard InChI is InChI=1S/C25H27N5O3/c1-29-12-14-30(15-13-29)18-7-8-19(22(16-18)32-2)27-25-26-11-10-23(28-25)33-21-5-3-4-17-6-9-20(31)24(17)21/h3-5,7-8,10-11,16H,6,9,12-15H2,1-2H3,(H,26,27,28). The monoisotopic (exact) mass is 445 g/mol. The molecular weight excluding hydrogens is 418 g/mol. The van der Waals surface area contributed by atoms with Gasteiger partial charge in [-0.3, -0.25) is 4.79 Å². The van der Waals surface area contributed by atoms with Crippen molar-refractivity contribution in [3.8, 4) is 17.4 Å². The molecule has 0 atom stereocenters. The number of ether oxygens (including phenoxy) is 2. The number of Topliss-reactive ketones (excluding diaryl/α,β-unsaturated/α-hetero) is 1. The number of carbonyl (C=O) groups is 1. The molecule has 2 aliphatic rings. The lowest BCUT2D eigenvalue weighted by Crippen LogP contribution is -2.44. The number of carbonyl (C=O) groups excluding carboxylic acids is 1. The fourth-order valence-electron chi connectivity index (χ4n) is 4.30. The van der Waals surface area contributed by atoms with Crippen molar-refractivity contribution in [3.63, 3.8) is 0 Å². The molecule has 8 nitrogen and oxygen atoms in total. The number of likely N-dealkylation sites (N-methyl/N-ethyl adjacent to an activating group) is 1. The molecule has 8 heteroatoms. The van der Waals surface area contributed by atoms with Crippen LogP contribution in [0.3, 0.4) is 0 Å². The number of fused-ring (bicyclic) bond motifs is 1. The van der Waals surface area contributed by atoms with E-state index in [-0.39, 0.29) is 5.78 Å². The van der Waals surface area contributed by atoms with Crippen molar-refractivity contribution in [3.05, 3.63) is 59.8 Å². The predicted molar refractivity (Wildman–Crippen MR) is 127 cm³/mol. The molecule has 33 heavy (non-hydrogen) atoms. The molecule has 1 saturated heterocycles. The number of rotatable bonds is 6. The molecule has 1 aliphatic heterocycles. The topological polar surface area (TPSA) is 79.8 Å². The summed E-state index contributed by atoms with van der Waals surface area (Å²) in [4.78, 5) is 25.8. The molecule has 1 aromatic heterocycles. The van der Waals surface area contributed by atoms with Gasteiger partial charge in [0.15, 0.2) is 5.78 Å². The first kappa shape index (κ1) is 21.2. The third kappa shape index (κ3) is 4.47. The average molecular weight is 446 g/mol. The molecule has 0 radical (unpaired) electrons. The minimum atomic E-state index is 0.109. The van der Waals surface area contributed by atoms with Crippen LogP contribution in [-0.4, -0.2) is 61.0 Å². The van der Waals surface area contributed by atoms with Gasteiger partial charge in [0.2, 0.25) is 11.8 Å². The highest BCUT2D eigenvalue weighted by Gasteiger charge is 2.24. The van der Waals surface area contributed by atoms with Gasteiger partial charge in [-0.1, -0.05) is 12.1 Å². The molecule has 0 spiro atoms. The van der Waals surface area contributed by atoms with E-state index in [2.05, 4.69) is 38.2 Å². The second-order valence-corrected chi connectivity index (χ2v) is 8.33. The summed E-state index contributed by atoms with van der Waals surface area (Å²) in [7, 11) is 3.80. The second kappa shape index (κ2) is 9.07. The molecular formula is C25H27N5O3. The van der Waals surface area contributed by atoms with Crippen molar-refractivity contribution in [2.24, 2.45) is 0 Å². The zero-order chi connectivity index (χ0) is 22.8. The number of benzene rings is 2. The largest absolute Gasteiger partial charge is 0.494 e. The first-order valence-electron chi connectivity index (χ1n) is 11.2. The van der Waals surface area contributed by atoms with Gasteiger partial charge in [0.1, 0.15) is 11.5 Å². The number of nitrogens with zero attached hydrogens (tertiary/aromatic N) is 4. The number of aromatic nitrogens is 2. The van der Waals surface area contributed by atoms with E-state index in [4.69, 9.17) is 9.47 Å². The zero-order valence-electron chi connectivity index (χ0n) is 18.9. The van der Waals surface area contributed by atoms with Crippen LogP contribution in [0.25, 0.3) is 0 Å². The Balaban J connectivity index is 1.34. The van der Waals surface area contributed by atoms with Crippen LogP contribution in [0.5, 0.6) is 17.4 Å². The van der Waals surface area contributed by atoms with Crippen LogP contribution in [0, 0.1) is 0 Å². The predicted octanol–water partition coefficient (Wildman–Crippen LogP) is 3.90. The summed E-state index contributed by atoms with van der Waals surface area (Å²) in [5.41, 5.74) is 3.58. The summed E-state index contributed by atoms with van der Waals surface area (Å²) in [6.45, 7) is 4.06.